The number of alkyl halides is 3. The molecule has 0 saturated heterocycles. The number of hydrogen-bond donors (Lipinski definition) is 0. The van der Waals surface area contributed by atoms with Gasteiger partial charge in [0.25, 0.3) is 0 Å². The van der Waals surface area contributed by atoms with E-state index in [0.717, 1.165) is 12.5 Å². The third kappa shape index (κ3) is 3.22. The SMILES string of the molecule is FC(F)(F)c1cc(CCC2CCCCC2)n2cncc2c1. The highest BCUT2D eigenvalue weighted by molar-refractivity contribution is 5.49. The Kier molecular flexibility index (Phi) is 3.91. The minimum atomic E-state index is -4.30. The third-order valence-electron chi connectivity index (χ3n) is 4.46. The number of pyridine rings is 1. The summed E-state index contributed by atoms with van der Waals surface area (Å²) in [4.78, 5) is 3.98. The van der Waals surface area contributed by atoms with Gasteiger partial charge in [-0.15, -0.1) is 0 Å². The molecule has 0 aliphatic heterocycles. The predicted octanol–water partition coefficient (Wildman–Crippen LogP) is 4.87. The number of fused-ring (bicyclic) bond motifs is 1. The second-order valence-electron chi connectivity index (χ2n) is 5.96. The lowest BCUT2D eigenvalue weighted by molar-refractivity contribution is -0.137. The van der Waals surface area contributed by atoms with Gasteiger partial charge < -0.3 is 4.40 Å². The van der Waals surface area contributed by atoms with E-state index in [0.29, 0.717) is 23.5 Å². The Morgan fingerprint density at radius 3 is 2.62 bits per heavy atom. The van der Waals surface area contributed by atoms with Crippen LogP contribution in [0.5, 0.6) is 0 Å². The highest BCUT2D eigenvalue weighted by Gasteiger charge is 2.31. The molecule has 2 aromatic rings. The van der Waals surface area contributed by atoms with Gasteiger partial charge in [0, 0.05) is 5.69 Å². The van der Waals surface area contributed by atoms with E-state index in [4.69, 9.17) is 0 Å². The fourth-order valence-corrected chi connectivity index (χ4v) is 3.29. The maximum Gasteiger partial charge on any atom is 0.416 e. The first-order valence-electron chi connectivity index (χ1n) is 7.56. The van der Waals surface area contributed by atoms with E-state index in [2.05, 4.69) is 4.98 Å². The number of imidazole rings is 1. The molecule has 1 aliphatic rings. The number of rotatable bonds is 3. The smallest absolute Gasteiger partial charge is 0.303 e. The zero-order chi connectivity index (χ0) is 14.9. The van der Waals surface area contributed by atoms with Crippen LogP contribution < -0.4 is 0 Å². The van der Waals surface area contributed by atoms with Gasteiger partial charge in [-0.05, 0) is 30.9 Å². The molecule has 0 bridgehead atoms. The molecule has 21 heavy (non-hydrogen) atoms. The van der Waals surface area contributed by atoms with Crippen molar-refractivity contribution in [3.05, 3.63) is 35.9 Å². The molecule has 3 rings (SSSR count). The lowest BCUT2D eigenvalue weighted by Crippen LogP contribution is -2.11. The van der Waals surface area contributed by atoms with Crippen LogP contribution >= 0.6 is 0 Å². The highest BCUT2D eigenvalue weighted by atomic mass is 19.4. The molecule has 2 nitrogen and oxygen atoms in total. The summed E-state index contributed by atoms with van der Waals surface area (Å²) in [5, 5.41) is 0. The first-order valence-corrected chi connectivity index (χ1v) is 7.56. The molecule has 0 N–H and O–H groups in total. The van der Waals surface area contributed by atoms with Crippen LogP contribution in [0.15, 0.2) is 24.7 Å². The average molecular weight is 296 g/mol. The molecular formula is C16H19F3N2. The van der Waals surface area contributed by atoms with E-state index in [1.807, 2.05) is 0 Å². The molecule has 0 unspecified atom stereocenters. The van der Waals surface area contributed by atoms with Crippen LogP contribution in [0.2, 0.25) is 0 Å². The molecule has 0 radical (unpaired) electrons. The van der Waals surface area contributed by atoms with Crippen molar-refractivity contribution in [2.75, 3.05) is 0 Å². The van der Waals surface area contributed by atoms with Crippen molar-refractivity contribution < 1.29 is 13.2 Å². The number of hydrogen-bond acceptors (Lipinski definition) is 1. The number of aromatic nitrogens is 2. The second kappa shape index (κ2) is 5.70. The molecule has 114 valence electrons. The van der Waals surface area contributed by atoms with Crippen LogP contribution in [0.1, 0.15) is 49.8 Å². The van der Waals surface area contributed by atoms with E-state index in [9.17, 15) is 13.2 Å². The summed E-state index contributed by atoms with van der Waals surface area (Å²) in [6.07, 6.45) is 6.68. The van der Waals surface area contributed by atoms with E-state index in [1.165, 1.54) is 44.4 Å². The van der Waals surface area contributed by atoms with Gasteiger partial charge in [0.2, 0.25) is 0 Å². The van der Waals surface area contributed by atoms with Gasteiger partial charge in [-0.1, -0.05) is 32.1 Å². The van der Waals surface area contributed by atoms with Crippen LogP contribution in [0.4, 0.5) is 13.2 Å². The van der Waals surface area contributed by atoms with E-state index in [1.54, 1.807) is 10.7 Å². The lowest BCUT2D eigenvalue weighted by atomic mass is 9.85. The molecule has 2 heterocycles. The van der Waals surface area contributed by atoms with Crippen molar-refractivity contribution in [2.24, 2.45) is 5.92 Å². The third-order valence-corrected chi connectivity index (χ3v) is 4.46. The fourth-order valence-electron chi connectivity index (χ4n) is 3.29. The molecular weight excluding hydrogens is 277 g/mol. The maximum absolute atomic E-state index is 13.0. The van der Waals surface area contributed by atoms with Crippen molar-refractivity contribution >= 4 is 5.52 Å². The number of aryl methyl sites for hydroxylation is 1. The minimum absolute atomic E-state index is 0.517. The van der Waals surface area contributed by atoms with Gasteiger partial charge in [0.05, 0.1) is 23.6 Å². The normalized spacial score (nSPS) is 17.5. The quantitative estimate of drug-likeness (QED) is 0.790. The van der Waals surface area contributed by atoms with Gasteiger partial charge in [0.1, 0.15) is 0 Å². The van der Waals surface area contributed by atoms with Crippen LogP contribution in [-0.4, -0.2) is 9.38 Å². The molecule has 5 heteroatoms. The molecule has 0 atom stereocenters. The van der Waals surface area contributed by atoms with Gasteiger partial charge in [-0.25, -0.2) is 4.98 Å². The van der Waals surface area contributed by atoms with Gasteiger partial charge in [-0.3, -0.25) is 0 Å². The Bertz CT molecular complexity index is 609. The Morgan fingerprint density at radius 1 is 1.14 bits per heavy atom. The Labute approximate surface area is 122 Å². The predicted molar refractivity (Wildman–Crippen MR) is 75.1 cm³/mol. The van der Waals surface area contributed by atoms with Crippen molar-refractivity contribution in [3.63, 3.8) is 0 Å². The van der Waals surface area contributed by atoms with Crippen LogP contribution in [0.25, 0.3) is 5.52 Å². The minimum Gasteiger partial charge on any atom is -0.303 e. The van der Waals surface area contributed by atoms with E-state index in [-0.39, 0.29) is 0 Å². The summed E-state index contributed by atoms with van der Waals surface area (Å²) < 4.78 is 40.7. The Balaban J connectivity index is 1.84. The van der Waals surface area contributed by atoms with Crippen molar-refractivity contribution in [3.8, 4) is 0 Å². The first kappa shape index (κ1) is 14.4. The van der Waals surface area contributed by atoms with Gasteiger partial charge in [-0.2, -0.15) is 13.2 Å². The summed E-state index contributed by atoms with van der Waals surface area (Å²) in [6, 6.07) is 2.44. The molecule has 1 aliphatic carbocycles. The molecule has 0 amide bonds. The highest BCUT2D eigenvalue weighted by Crippen LogP contribution is 2.32. The molecule has 0 spiro atoms. The molecule has 0 aromatic carbocycles. The zero-order valence-corrected chi connectivity index (χ0v) is 11.9. The lowest BCUT2D eigenvalue weighted by Gasteiger charge is -2.21. The molecule has 1 fully saturated rings. The van der Waals surface area contributed by atoms with Crippen molar-refractivity contribution in [1.82, 2.24) is 9.38 Å². The zero-order valence-electron chi connectivity index (χ0n) is 11.9. The topological polar surface area (TPSA) is 17.3 Å². The van der Waals surface area contributed by atoms with Gasteiger partial charge >= 0.3 is 6.18 Å². The first-order chi connectivity index (χ1) is 10.0. The molecule has 1 saturated carbocycles. The second-order valence-corrected chi connectivity index (χ2v) is 5.96. The number of halogens is 3. The Morgan fingerprint density at radius 2 is 1.90 bits per heavy atom. The largest absolute Gasteiger partial charge is 0.416 e. The summed E-state index contributed by atoms with van der Waals surface area (Å²) in [5.41, 5.74) is 0.653. The number of nitrogens with zero attached hydrogens (tertiary/aromatic N) is 2. The van der Waals surface area contributed by atoms with Crippen LogP contribution in [0, 0.1) is 5.92 Å². The summed E-state index contributed by atoms with van der Waals surface area (Å²) in [6.45, 7) is 0. The average Bonchev–Trinajstić information content (AvgIpc) is 2.93. The monoisotopic (exact) mass is 296 g/mol. The summed E-state index contributed by atoms with van der Waals surface area (Å²) >= 11 is 0. The van der Waals surface area contributed by atoms with E-state index >= 15 is 0 Å². The van der Waals surface area contributed by atoms with Crippen molar-refractivity contribution in [2.45, 2.75) is 51.1 Å². The van der Waals surface area contributed by atoms with E-state index < -0.39 is 11.7 Å². The van der Waals surface area contributed by atoms with Crippen molar-refractivity contribution in [1.29, 1.82) is 0 Å². The standard InChI is InChI=1S/C16H19F3N2/c17-16(18,19)13-8-14(21-11-20-10-15(21)9-13)7-6-12-4-2-1-3-5-12/h8-12H,1-7H2. The summed E-state index contributed by atoms with van der Waals surface area (Å²) in [7, 11) is 0. The maximum atomic E-state index is 13.0. The molecule has 2 aromatic heterocycles. The van der Waals surface area contributed by atoms with Gasteiger partial charge in [0.15, 0.2) is 0 Å². The van der Waals surface area contributed by atoms with Crippen LogP contribution in [-0.2, 0) is 12.6 Å². The van der Waals surface area contributed by atoms with Crippen LogP contribution in [0.3, 0.4) is 0 Å². The summed E-state index contributed by atoms with van der Waals surface area (Å²) in [5.74, 6) is 0.659. The Hall–Kier alpha value is -1.52. The fraction of sp³-hybridized carbons (Fsp3) is 0.562.